The molecule has 0 aliphatic carbocycles. The number of hydrogen-bond donors (Lipinski definition) is 1. The number of carbonyl (C=O) groups is 1. The van der Waals surface area contributed by atoms with Crippen LogP contribution in [0.15, 0.2) is 59.5 Å². The molecule has 3 aromatic rings. The Morgan fingerprint density at radius 3 is 2.63 bits per heavy atom. The molecule has 27 heavy (non-hydrogen) atoms. The first-order valence-corrected chi connectivity index (χ1v) is 8.91. The molecule has 1 amide bonds. The first-order valence-electron chi connectivity index (χ1n) is 8.91. The van der Waals surface area contributed by atoms with Gasteiger partial charge < -0.3 is 15.1 Å². The lowest BCUT2D eigenvalue weighted by Crippen LogP contribution is -2.46. The molecule has 0 unspecified atom stereocenters. The largest absolute Gasteiger partial charge is 0.447 e. The zero-order valence-electron chi connectivity index (χ0n) is 14.9. The van der Waals surface area contributed by atoms with Crippen LogP contribution in [0.4, 0.5) is 5.69 Å². The van der Waals surface area contributed by atoms with Crippen LogP contribution in [0.25, 0.3) is 11.3 Å². The van der Waals surface area contributed by atoms with E-state index in [-0.39, 0.29) is 0 Å². The van der Waals surface area contributed by atoms with Crippen LogP contribution in [0.1, 0.15) is 16.2 Å². The fourth-order valence-electron chi connectivity index (χ4n) is 3.32. The van der Waals surface area contributed by atoms with Crippen molar-refractivity contribution in [2.75, 3.05) is 31.1 Å². The van der Waals surface area contributed by atoms with Gasteiger partial charge in [0.05, 0.1) is 17.8 Å². The fraction of sp³-hybridized carbons (Fsp3) is 0.250. The third-order valence-corrected chi connectivity index (χ3v) is 4.76. The second-order valence-electron chi connectivity index (χ2n) is 6.51. The van der Waals surface area contributed by atoms with E-state index in [2.05, 4.69) is 19.8 Å². The maximum Gasteiger partial charge on any atom is 0.252 e. The number of benzene rings is 1. The van der Waals surface area contributed by atoms with Crippen molar-refractivity contribution in [2.24, 2.45) is 5.73 Å². The van der Waals surface area contributed by atoms with E-state index in [1.165, 1.54) is 6.20 Å². The third-order valence-electron chi connectivity index (χ3n) is 4.76. The molecule has 2 aromatic heterocycles. The minimum Gasteiger partial charge on any atom is -0.447 e. The minimum absolute atomic E-state index is 0.450. The summed E-state index contributed by atoms with van der Waals surface area (Å²) in [6.45, 7) is 3.97. The van der Waals surface area contributed by atoms with Crippen molar-refractivity contribution in [1.29, 1.82) is 0 Å². The summed E-state index contributed by atoms with van der Waals surface area (Å²) >= 11 is 0. The summed E-state index contributed by atoms with van der Waals surface area (Å²) in [5, 5.41) is 0. The molecule has 7 heteroatoms. The van der Waals surface area contributed by atoms with E-state index in [1.54, 1.807) is 12.5 Å². The highest BCUT2D eigenvalue weighted by molar-refractivity contribution is 5.98. The maximum atomic E-state index is 11.6. The number of oxazole rings is 1. The van der Waals surface area contributed by atoms with Crippen molar-refractivity contribution >= 4 is 11.6 Å². The van der Waals surface area contributed by atoms with Crippen molar-refractivity contribution in [3.8, 4) is 11.3 Å². The maximum absolute atomic E-state index is 11.6. The number of nitrogens with zero attached hydrogens (tertiary/aromatic N) is 4. The smallest absolute Gasteiger partial charge is 0.252 e. The standard InChI is InChI=1S/C20H21N5O2/c21-20(26)16-12-22-7-6-18(16)25-10-8-24(9-11-25)13-19-23-17(14-27-19)15-4-2-1-3-5-15/h1-7,12,14H,8-11,13H2,(H2,21,26). The van der Waals surface area contributed by atoms with Crippen molar-refractivity contribution in [1.82, 2.24) is 14.9 Å². The Morgan fingerprint density at radius 1 is 1.11 bits per heavy atom. The van der Waals surface area contributed by atoms with Gasteiger partial charge >= 0.3 is 0 Å². The molecule has 0 spiro atoms. The number of amides is 1. The molecule has 1 aliphatic rings. The number of anilines is 1. The second kappa shape index (κ2) is 7.59. The van der Waals surface area contributed by atoms with Gasteiger partial charge in [0, 0.05) is 44.1 Å². The van der Waals surface area contributed by atoms with E-state index < -0.39 is 5.91 Å². The number of aromatic nitrogens is 2. The van der Waals surface area contributed by atoms with Gasteiger partial charge in [-0.25, -0.2) is 4.98 Å². The van der Waals surface area contributed by atoms with Crippen LogP contribution >= 0.6 is 0 Å². The van der Waals surface area contributed by atoms with Gasteiger partial charge in [-0.05, 0) is 6.07 Å². The average molecular weight is 363 g/mol. The Balaban J connectivity index is 1.38. The normalized spacial score (nSPS) is 15.0. The van der Waals surface area contributed by atoms with E-state index in [0.29, 0.717) is 18.0 Å². The van der Waals surface area contributed by atoms with Gasteiger partial charge in [-0.2, -0.15) is 0 Å². The molecule has 138 valence electrons. The van der Waals surface area contributed by atoms with Crippen LogP contribution in [-0.4, -0.2) is 47.0 Å². The van der Waals surface area contributed by atoms with Gasteiger partial charge in [-0.15, -0.1) is 0 Å². The summed E-state index contributed by atoms with van der Waals surface area (Å²) in [7, 11) is 0. The molecule has 1 aliphatic heterocycles. The SMILES string of the molecule is NC(=O)c1cnccc1N1CCN(Cc2nc(-c3ccccc3)co2)CC1. The molecule has 4 rings (SSSR count). The summed E-state index contributed by atoms with van der Waals surface area (Å²) in [5.74, 6) is 0.262. The Kier molecular flexibility index (Phi) is 4.84. The molecule has 7 nitrogen and oxygen atoms in total. The Labute approximate surface area is 157 Å². The van der Waals surface area contributed by atoms with Crippen LogP contribution in [0.2, 0.25) is 0 Å². The number of primary amides is 1. The molecule has 0 atom stereocenters. The van der Waals surface area contributed by atoms with Gasteiger partial charge in [-0.3, -0.25) is 14.7 Å². The highest BCUT2D eigenvalue weighted by Crippen LogP contribution is 2.22. The van der Waals surface area contributed by atoms with Crippen LogP contribution in [0, 0.1) is 0 Å². The number of piperazine rings is 1. The molecule has 0 radical (unpaired) electrons. The van der Waals surface area contributed by atoms with Gasteiger partial charge in [0.25, 0.3) is 5.91 Å². The van der Waals surface area contributed by atoms with Crippen molar-refractivity contribution in [3.05, 3.63) is 66.5 Å². The predicted octanol–water partition coefficient (Wildman–Crippen LogP) is 2.16. The summed E-state index contributed by atoms with van der Waals surface area (Å²) in [6.07, 6.45) is 4.92. The lowest BCUT2D eigenvalue weighted by Gasteiger charge is -2.36. The van der Waals surface area contributed by atoms with E-state index >= 15 is 0 Å². The summed E-state index contributed by atoms with van der Waals surface area (Å²) in [4.78, 5) is 24.7. The van der Waals surface area contributed by atoms with E-state index in [0.717, 1.165) is 43.1 Å². The third kappa shape index (κ3) is 3.83. The summed E-state index contributed by atoms with van der Waals surface area (Å²) in [6, 6.07) is 11.8. The Bertz CT molecular complexity index is 917. The zero-order valence-corrected chi connectivity index (χ0v) is 14.9. The molecule has 3 heterocycles. The fourth-order valence-corrected chi connectivity index (χ4v) is 3.32. The van der Waals surface area contributed by atoms with Gasteiger partial charge in [-0.1, -0.05) is 30.3 Å². The van der Waals surface area contributed by atoms with E-state index in [4.69, 9.17) is 10.2 Å². The molecule has 1 aromatic carbocycles. The number of carbonyl (C=O) groups excluding carboxylic acids is 1. The molecular formula is C20H21N5O2. The topological polar surface area (TPSA) is 88.5 Å². The number of nitrogens with two attached hydrogens (primary N) is 1. The van der Waals surface area contributed by atoms with Gasteiger partial charge in [0.15, 0.2) is 0 Å². The van der Waals surface area contributed by atoms with Gasteiger partial charge in [0.1, 0.15) is 12.0 Å². The van der Waals surface area contributed by atoms with Crippen LogP contribution in [-0.2, 0) is 6.54 Å². The lowest BCUT2D eigenvalue weighted by molar-refractivity contribution is 0.1000. The first kappa shape index (κ1) is 17.2. The number of hydrogen-bond acceptors (Lipinski definition) is 6. The zero-order chi connectivity index (χ0) is 18.6. The van der Waals surface area contributed by atoms with Crippen LogP contribution in [0.3, 0.4) is 0 Å². The monoisotopic (exact) mass is 363 g/mol. The van der Waals surface area contributed by atoms with Crippen LogP contribution < -0.4 is 10.6 Å². The van der Waals surface area contributed by atoms with Crippen molar-refractivity contribution in [3.63, 3.8) is 0 Å². The van der Waals surface area contributed by atoms with Crippen molar-refractivity contribution < 1.29 is 9.21 Å². The molecule has 1 fully saturated rings. The molecule has 0 saturated carbocycles. The van der Waals surface area contributed by atoms with Crippen molar-refractivity contribution in [2.45, 2.75) is 6.54 Å². The molecular weight excluding hydrogens is 342 g/mol. The number of rotatable bonds is 5. The minimum atomic E-state index is -0.450. The molecule has 1 saturated heterocycles. The highest BCUT2D eigenvalue weighted by atomic mass is 16.3. The first-order chi connectivity index (χ1) is 13.2. The molecule has 2 N–H and O–H groups in total. The second-order valence-corrected chi connectivity index (χ2v) is 6.51. The number of pyridine rings is 1. The summed E-state index contributed by atoms with van der Waals surface area (Å²) in [5.41, 5.74) is 8.68. The summed E-state index contributed by atoms with van der Waals surface area (Å²) < 4.78 is 5.65. The van der Waals surface area contributed by atoms with Crippen LogP contribution in [0.5, 0.6) is 0 Å². The lowest BCUT2D eigenvalue weighted by atomic mass is 10.2. The van der Waals surface area contributed by atoms with E-state index in [1.807, 2.05) is 36.4 Å². The van der Waals surface area contributed by atoms with E-state index in [9.17, 15) is 4.79 Å². The Hall–Kier alpha value is -3.19. The average Bonchev–Trinajstić information content (AvgIpc) is 3.18. The van der Waals surface area contributed by atoms with Gasteiger partial charge in [0.2, 0.25) is 5.89 Å². The highest BCUT2D eigenvalue weighted by Gasteiger charge is 2.22. The Morgan fingerprint density at radius 2 is 1.89 bits per heavy atom. The molecule has 0 bridgehead atoms. The predicted molar refractivity (Wildman–Crippen MR) is 102 cm³/mol. The quantitative estimate of drug-likeness (QED) is 0.747.